The van der Waals surface area contributed by atoms with Crippen molar-refractivity contribution in [1.29, 1.82) is 5.26 Å². The van der Waals surface area contributed by atoms with E-state index in [9.17, 15) is 8.78 Å². The number of benzene rings is 1. The molecule has 0 radical (unpaired) electrons. The molecular formula is C14H11F2N3O. The number of ether oxygens (including phenoxy) is 1. The van der Waals surface area contributed by atoms with Crippen LogP contribution in [0.4, 0.5) is 14.5 Å². The van der Waals surface area contributed by atoms with E-state index in [0.29, 0.717) is 11.6 Å². The van der Waals surface area contributed by atoms with Gasteiger partial charge in [0.2, 0.25) is 5.88 Å². The molecular weight excluding hydrogens is 264 g/mol. The van der Waals surface area contributed by atoms with Crippen molar-refractivity contribution in [2.75, 3.05) is 12.4 Å². The first-order valence-electron chi connectivity index (χ1n) is 5.76. The summed E-state index contributed by atoms with van der Waals surface area (Å²) < 4.78 is 32.4. The lowest BCUT2D eigenvalue weighted by Gasteiger charge is -2.11. The maximum atomic E-state index is 13.7. The minimum absolute atomic E-state index is 0.0530. The Hall–Kier alpha value is -2.68. The van der Waals surface area contributed by atoms with Gasteiger partial charge in [0.25, 0.3) is 0 Å². The van der Waals surface area contributed by atoms with Crippen molar-refractivity contribution in [2.24, 2.45) is 0 Å². The molecule has 1 N–H and O–H groups in total. The van der Waals surface area contributed by atoms with E-state index in [0.717, 1.165) is 12.1 Å². The van der Waals surface area contributed by atoms with Gasteiger partial charge >= 0.3 is 0 Å². The molecule has 0 amide bonds. The molecule has 0 atom stereocenters. The van der Waals surface area contributed by atoms with Crippen molar-refractivity contribution >= 4 is 5.69 Å². The highest BCUT2D eigenvalue weighted by molar-refractivity contribution is 5.52. The lowest BCUT2D eigenvalue weighted by molar-refractivity contribution is 0.399. The summed E-state index contributed by atoms with van der Waals surface area (Å²) >= 11 is 0. The van der Waals surface area contributed by atoms with Gasteiger partial charge in [-0.15, -0.1) is 0 Å². The predicted octanol–water partition coefficient (Wildman–Crippen LogP) is 2.85. The van der Waals surface area contributed by atoms with Crippen LogP contribution in [0.3, 0.4) is 0 Å². The molecule has 2 aromatic rings. The fourth-order valence-electron chi connectivity index (χ4n) is 1.71. The fraction of sp³-hybridized carbons (Fsp3) is 0.143. The molecule has 6 heteroatoms. The number of nitriles is 1. The van der Waals surface area contributed by atoms with Crippen molar-refractivity contribution in [3.05, 3.63) is 53.2 Å². The zero-order chi connectivity index (χ0) is 14.5. The van der Waals surface area contributed by atoms with E-state index >= 15 is 0 Å². The summed E-state index contributed by atoms with van der Waals surface area (Å²) in [6.07, 6.45) is 1.55. The first-order chi connectivity index (χ1) is 9.65. The monoisotopic (exact) mass is 275 g/mol. The first kappa shape index (κ1) is 13.7. The maximum absolute atomic E-state index is 13.7. The van der Waals surface area contributed by atoms with Crippen LogP contribution in [0, 0.1) is 23.0 Å². The minimum Gasteiger partial charge on any atom is -0.480 e. The normalized spacial score (nSPS) is 9.90. The highest BCUT2D eigenvalue weighted by Crippen LogP contribution is 2.22. The average molecular weight is 275 g/mol. The van der Waals surface area contributed by atoms with Crippen LogP contribution in [0.15, 0.2) is 30.5 Å². The van der Waals surface area contributed by atoms with E-state index in [1.165, 1.54) is 7.11 Å². The van der Waals surface area contributed by atoms with Crippen LogP contribution in [0.5, 0.6) is 5.88 Å². The second-order valence-corrected chi connectivity index (χ2v) is 3.94. The van der Waals surface area contributed by atoms with Crippen LogP contribution in [-0.2, 0) is 6.54 Å². The van der Waals surface area contributed by atoms with Gasteiger partial charge in [0.1, 0.15) is 11.6 Å². The minimum atomic E-state index is -0.767. The van der Waals surface area contributed by atoms with E-state index in [4.69, 9.17) is 10.00 Å². The maximum Gasteiger partial charge on any atom is 0.237 e. The highest BCUT2D eigenvalue weighted by Gasteiger charge is 2.12. The standard InChI is InChI=1S/C14H11F2N3O/c1-20-14-13(3-2-4-18-14)19-8-10-11(15)5-9(7-17)6-12(10)16/h2-6,19H,8H2,1H3. The van der Waals surface area contributed by atoms with Crippen LogP contribution in [0.25, 0.3) is 0 Å². The van der Waals surface area contributed by atoms with Crippen molar-refractivity contribution in [2.45, 2.75) is 6.54 Å². The molecule has 4 nitrogen and oxygen atoms in total. The molecule has 102 valence electrons. The molecule has 0 fully saturated rings. The van der Waals surface area contributed by atoms with Crippen LogP contribution in [-0.4, -0.2) is 12.1 Å². The summed E-state index contributed by atoms with van der Waals surface area (Å²) in [6, 6.07) is 7.06. The van der Waals surface area contributed by atoms with Crippen LogP contribution < -0.4 is 10.1 Å². The van der Waals surface area contributed by atoms with Gasteiger partial charge in [-0.1, -0.05) is 0 Å². The molecule has 0 aliphatic heterocycles. The van der Waals surface area contributed by atoms with Gasteiger partial charge in [-0.2, -0.15) is 5.26 Å². The molecule has 2 rings (SSSR count). The van der Waals surface area contributed by atoms with Gasteiger partial charge < -0.3 is 10.1 Å². The lowest BCUT2D eigenvalue weighted by Crippen LogP contribution is -2.06. The van der Waals surface area contributed by atoms with Crippen LogP contribution >= 0.6 is 0 Å². The summed E-state index contributed by atoms with van der Waals surface area (Å²) in [7, 11) is 1.45. The highest BCUT2D eigenvalue weighted by atomic mass is 19.1. The molecule has 0 spiro atoms. The number of rotatable bonds is 4. The van der Waals surface area contributed by atoms with Gasteiger partial charge in [-0.25, -0.2) is 13.8 Å². The zero-order valence-corrected chi connectivity index (χ0v) is 10.7. The number of anilines is 1. The third kappa shape index (κ3) is 2.83. The smallest absolute Gasteiger partial charge is 0.237 e. The van der Waals surface area contributed by atoms with Crippen molar-refractivity contribution < 1.29 is 13.5 Å². The number of nitrogens with zero attached hydrogens (tertiary/aromatic N) is 2. The number of hydrogen-bond donors (Lipinski definition) is 1. The molecule has 1 aromatic carbocycles. The average Bonchev–Trinajstić information content (AvgIpc) is 2.46. The summed E-state index contributed by atoms with van der Waals surface area (Å²) in [5.41, 5.74) is 0.329. The Kier molecular flexibility index (Phi) is 4.11. The third-order valence-electron chi connectivity index (χ3n) is 2.69. The number of hydrogen-bond acceptors (Lipinski definition) is 4. The molecule has 1 heterocycles. The summed E-state index contributed by atoms with van der Waals surface area (Å²) in [6.45, 7) is -0.0779. The number of nitrogens with one attached hydrogen (secondary N) is 1. The number of methoxy groups -OCH3 is 1. The molecule has 1 aromatic heterocycles. The quantitative estimate of drug-likeness (QED) is 0.932. The van der Waals surface area contributed by atoms with E-state index < -0.39 is 11.6 Å². The van der Waals surface area contributed by atoms with Gasteiger partial charge in [-0.3, -0.25) is 0 Å². The molecule has 0 unspecified atom stereocenters. The molecule has 20 heavy (non-hydrogen) atoms. The Labute approximate surface area is 114 Å². The first-order valence-corrected chi connectivity index (χ1v) is 5.76. The van der Waals surface area contributed by atoms with Gasteiger partial charge in [0, 0.05) is 18.3 Å². The Bertz CT molecular complexity index is 645. The van der Waals surface area contributed by atoms with Crippen molar-refractivity contribution in [3.63, 3.8) is 0 Å². The second-order valence-electron chi connectivity index (χ2n) is 3.94. The lowest BCUT2D eigenvalue weighted by atomic mass is 10.1. The van der Waals surface area contributed by atoms with Gasteiger partial charge in [-0.05, 0) is 24.3 Å². The Morgan fingerprint density at radius 2 is 2.05 bits per heavy atom. The number of halogens is 2. The summed E-state index contributed by atoms with van der Waals surface area (Å²) in [5, 5.41) is 11.5. The van der Waals surface area contributed by atoms with Crippen LogP contribution in [0.2, 0.25) is 0 Å². The number of aromatic nitrogens is 1. The summed E-state index contributed by atoms with van der Waals surface area (Å²) in [5.74, 6) is -1.20. The molecule has 0 bridgehead atoms. The number of pyridine rings is 1. The topological polar surface area (TPSA) is 57.9 Å². The van der Waals surface area contributed by atoms with E-state index in [1.807, 2.05) is 0 Å². The largest absolute Gasteiger partial charge is 0.480 e. The summed E-state index contributed by atoms with van der Waals surface area (Å²) in [4.78, 5) is 3.97. The van der Waals surface area contributed by atoms with Gasteiger partial charge in [0.15, 0.2) is 0 Å². The van der Waals surface area contributed by atoms with E-state index in [-0.39, 0.29) is 17.7 Å². The Balaban J connectivity index is 2.22. The Morgan fingerprint density at radius 1 is 1.35 bits per heavy atom. The third-order valence-corrected chi connectivity index (χ3v) is 2.69. The van der Waals surface area contributed by atoms with Crippen molar-refractivity contribution in [1.82, 2.24) is 4.98 Å². The van der Waals surface area contributed by atoms with Crippen LogP contribution in [0.1, 0.15) is 11.1 Å². The van der Waals surface area contributed by atoms with Crippen molar-refractivity contribution in [3.8, 4) is 11.9 Å². The fourth-order valence-corrected chi connectivity index (χ4v) is 1.71. The second kappa shape index (κ2) is 5.97. The Morgan fingerprint density at radius 3 is 2.65 bits per heavy atom. The van der Waals surface area contributed by atoms with E-state index in [2.05, 4.69) is 10.3 Å². The molecule has 0 aliphatic rings. The van der Waals surface area contributed by atoms with Gasteiger partial charge in [0.05, 0.1) is 24.4 Å². The molecule has 0 saturated carbocycles. The molecule has 0 aliphatic carbocycles. The SMILES string of the molecule is COc1ncccc1NCc1c(F)cc(C#N)cc1F. The zero-order valence-electron chi connectivity index (χ0n) is 10.7. The van der Waals surface area contributed by atoms with E-state index in [1.54, 1.807) is 24.4 Å². The molecule has 0 saturated heterocycles. The predicted molar refractivity (Wildman–Crippen MR) is 69.2 cm³/mol.